The van der Waals surface area contributed by atoms with E-state index in [1.807, 2.05) is 30.9 Å². The average molecular weight is 489 g/mol. The molecule has 6 heteroatoms. The summed E-state index contributed by atoms with van der Waals surface area (Å²) in [6.07, 6.45) is 3.98. The van der Waals surface area contributed by atoms with Crippen LogP contribution in [0.5, 0.6) is 0 Å². The van der Waals surface area contributed by atoms with Gasteiger partial charge in [-0.3, -0.25) is 14.6 Å². The second-order valence-corrected chi connectivity index (χ2v) is 10.4. The average Bonchev–Trinajstić information content (AvgIpc) is 2.82. The first-order chi connectivity index (χ1) is 16.9. The highest BCUT2D eigenvalue weighted by Gasteiger charge is 2.28. The van der Waals surface area contributed by atoms with Crippen molar-refractivity contribution >= 4 is 11.9 Å². The molecule has 0 saturated carbocycles. The third-order valence-corrected chi connectivity index (χ3v) is 6.26. The monoisotopic (exact) mass is 488 g/mol. The molecule has 0 bridgehead atoms. The lowest BCUT2D eigenvalue weighted by Gasteiger charge is -2.33. The van der Waals surface area contributed by atoms with Crippen molar-refractivity contribution in [1.29, 1.82) is 0 Å². The fraction of sp³-hybridized carbons (Fsp3) is 0.367. The minimum atomic E-state index is -0.832. The van der Waals surface area contributed by atoms with Crippen molar-refractivity contribution in [2.24, 2.45) is 0 Å². The van der Waals surface area contributed by atoms with Gasteiger partial charge in [-0.25, -0.2) is 0 Å². The molecule has 4 rings (SSSR count). The first kappa shape index (κ1) is 27.1. The molecule has 0 spiro atoms. The van der Waals surface area contributed by atoms with Gasteiger partial charge in [0.1, 0.15) is 0 Å². The van der Waals surface area contributed by atoms with E-state index in [1.54, 1.807) is 45.3 Å². The maximum atomic E-state index is 13.0. The molecule has 6 nitrogen and oxygen atoms in total. The molecule has 0 atom stereocenters. The molecule has 0 unspecified atom stereocenters. The van der Waals surface area contributed by atoms with Crippen molar-refractivity contribution in [3.05, 3.63) is 87.7 Å². The molecule has 3 aromatic rings. The van der Waals surface area contributed by atoms with Gasteiger partial charge in [-0.05, 0) is 99.0 Å². The van der Waals surface area contributed by atoms with E-state index in [0.717, 1.165) is 45.4 Å². The molecule has 190 valence electrons. The van der Waals surface area contributed by atoms with Gasteiger partial charge in [-0.1, -0.05) is 29.8 Å². The summed E-state index contributed by atoms with van der Waals surface area (Å²) in [5.74, 6) is -0.835. The number of pyridine rings is 1. The molecule has 1 amide bonds. The SMILES string of the molecule is CC(C)(C)O.Cc1ccc(-c2c(C)c3c(c(C)c2CC(=O)O)CCN(C(=O)c2ccncc2)C3)cc1. The Labute approximate surface area is 213 Å². The summed E-state index contributed by atoms with van der Waals surface area (Å²) < 4.78 is 0. The molecular formula is C30H36N2O4. The third-order valence-electron chi connectivity index (χ3n) is 6.26. The molecule has 36 heavy (non-hydrogen) atoms. The highest BCUT2D eigenvalue weighted by atomic mass is 16.4. The van der Waals surface area contributed by atoms with Crippen LogP contribution in [0.25, 0.3) is 11.1 Å². The second-order valence-electron chi connectivity index (χ2n) is 10.4. The lowest BCUT2D eigenvalue weighted by Crippen LogP contribution is -2.37. The van der Waals surface area contributed by atoms with Crippen LogP contribution in [0.15, 0.2) is 48.8 Å². The van der Waals surface area contributed by atoms with Gasteiger partial charge >= 0.3 is 5.97 Å². The number of carbonyl (C=O) groups is 2. The van der Waals surface area contributed by atoms with Crippen molar-refractivity contribution in [1.82, 2.24) is 9.88 Å². The lowest BCUT2D eigenvalue weighted by atomic mass is 9.81. The Morgan fingerprint density at radius 2 is 1.53 bits per heavy atom. The van der Waals surface area contributed by atoms with Gasteiger partial charge < -0.3 is 15.1 Å². The van der Waals surface area contributed by atoms with Crippen LogP contribution in [-0.2, 0) is 24.2 Å². The third kappa shape index (κ3) is 6.58. The standard InChI is InChI=1S/C26H26N2O3.C4H10O/c1-16-4-6-19(7-5-16)25-18(3)23-15-28(26(31)20-8-11-27-12-9-20)13-10-21(23)17(2)22(25)14-24(29)30;1-4(2,3)5/h4-9,11-12H,10,13-15H2,1-3H3,(H,29,30);5H,1-3H3. The lowest BCUT2D eigenvalue weighted by molar-refractivity contribution is -0.136. The molecular weight excluding hydrogens is 452 g/mol. The zero-order valence-corrected chi connectivity index (χ0v) is 22.1. The van der Waals surface area contributed by atoms with Crippen LogP contribution in [0, 0.1) is 20.8 Å². The molecule has 0 saturated heterocycles. The van der Waals surface area contributed by atoms with Gasteiger partial charge in [0.25, 0.3) is 5.91 Å². The Morgan fingerprint density at radius 3 is 2.08 bits per heavy atom. The van der Waals surface area contributed by atoms with Crippen LogP contribution < -0.4 is 0 Å². The highest BCUT2D eigenvalue weighted by Crippen LogP contribution is 2.38. The van der Waals surface area contributed by atoms with Gasteiger partial charge in [-0.2, -0.15) is 0 Å². The predicted octanol–water partition coefficient (Wildman–Crippen LogP) is 5.28. The first-order valence-electron chi connectivity index (χ1n) is 12.2. The number of benzene rings is 2. The summed E-state index contributed by atoms with van der Waals surface area (Å²) in [5.41, 5.74) is 8.59. The molecule has 0 fully saturated rings. The molecule has 0 aliphatic carbocycles. The predicted molar refractivity (Wildman–Crippen MR) is 142 cm³/mol. The summed E-state index contributed by atoms with van der Waals surface area (Å²) >= 11 is 0. The van der Waals surface area contributed by atoms with Crippen molar-refractivity contribution < 1.29 is 19.8 Å². The Bertz CT molecular complexity index is 1240. The Balaban J connectivity index is 0.000000658. The van der Waals surface area contributed by atoms with Crippen LogP contribution in [0.3, 0.4) is 0 Å². The number of aryl methyl sites for hydroxylation is 1. The fourth-order valence-corrected chi connectivity index (χ4v) is 4.60. The number of fused-ring (bicyclic) bond motifs is 1. The van der Waals surface area contributed by atoms with E-state index in [4.69, 9.17) is 5.11 Å². The normalized spacial score (nSPS) is 12.9. The van der Waals surface area contributed by atoms with Crippen molar-refractivity contribution in [3.63, 3.8) is 0 Å². The summed E-state index contributed by atoms with van der Waals surface area (Å²) in [6, 6.07) is 11.7. The van der Waals surface area contributed by atoms with Gasteiger partial charge in [0.15, 0.2) is 0 Å². The maximum Gasteiger partial charge on any atom is 0.307 e. The molecule has 1 aliphatic rings. The Hall–Kier alpha value is -3.51. The number of aliphatic carboxylic acids is 1. The largest absolute Gasteiger partial charge is 0.481 e. The second kappa shape index (κ2) is 11.0. The number of aromatic nitrogens is 1. The number of carboxylic acids is 1. The topological polar surface area (TPSA) is 90.7 Å². The molecule has 2 aromatic carbocycles. The summed E-state index contributed by atoms with van der Waals surface area (Å²) in [4.78, 5) is 30.6. The number of carbonyl (C=O) groups excluding carboxylic acids is 1. The Morgan fingerprint density at radius 1 is 0.944 bits per heavy atom. The van der Waals surface area contributed by atoms with E-state index in [0.29, 0.717) is 18.7 Å². The molecule has 0 radical (unpaired) electrons. The van der Waals surface area contributed by atoms with Gasteiger partial charge in [0.2, 0.25) is 0 Å². The molecule has 1 aromatic heterocycles. The first-order valence-corrected chi connectivity index (χ1v) is 12.2. The minimum Gasteiger partial charge on any atom is -0.481 e. The van der Waals surface area contributed by atoms with Crippen LogP contribution in [-0.4, -0.2) is 44.1 Å². The van der Waals surface area contributed by atoms with Crippen LogP contribution >= 0.6 is 0 Å². The summed E-state index contributed by atoms with van der Waals surface area (Å²) in [5, 5.41) is 18.1. The van der Waals surface area contributed by atoms with E-state index in [2.05, 4.69) is 24.0 Å². The van der Waals surface area contributed by atoms with E-state index >= 15 is 0 Å². The Kier molecular flexibility index (Phi) is 8.31. The minimum absolute atomic E-state index is 0.00315. The van der Waals surface area contributed by atoms with E-state index in [-0.39, 0.29) is 12.3 Å². The zero-order valence-electron chi connectivity index (χ0n) is 22.1. The van der Waals surface area contributed by atoms with Crippen molar-refractivity contribution in [2.75, 3.05) is 6.54 Å². The number of carboxylic acid groups (broad SMARTS) is 1. The molecule has 2 N–H and O–H groups in total. The number of hydrogen-bond donors (Lipinski definition) is 2. The smallest absolute Gasteiger partial charge is 0.307 e. The quantitative estimate of drug-likeness (QED) is 0.522. The number of aliphatic hydroxyl groups is 1. The fourth-order valence-electron chi connectivity index (χ4n) is 4.60. The van der Waals surface area contributed by atoms with Gasteiger partial charge in [-0.15, -0.1) is 0 Å². The summed E-state index contributed by atoms with van der Waals surface area (Å²) in [7, 11) is 0. The van der Waals surface area contributed by atoms with E-state index in [1.165, 1.54) is 5.56 Å². The number of hydrogen-bond acceptors (Lipinski definition) is 4. The molecule has 1 aliphatic heterocycles. The zero-order chi connectivity index (χ0) is 26.6. The van der Waals surface area contributed by atoms with Gasteiger partial charge in [0.05, 0.1) is 12.0 Å². The number of nitrogens with zero attached hydrogens (tertiary/aromatic N) is 2. The molecule has 2 heterocycles. The van der Waals surface area contributed by atoms with Crippen LogP contribution in [0.2, 0.25) is 0 Å². The maximum absolute atomic E-state index is 13.0. The van der Waals surface area contributed by atoms with Crippen LogP contribution in [0.1, 0.15) is 64.5 Å². The number of amides is 1. The van der Waals surface area contributed by atoms with E-state index < -0.39 is 11.6 Å². The van der Waals surface area contributed by atoms with Crippen LogP contribution in [0.4, 0.5) is 0 Å². The van der Waals surface area contributed by atoms with E-state index in [9.17, 15) is 14.7 Å². The summed E-state index contributed by atoms with van der Waals surface area (Å²) in [6.45, 7) is 12.5. The number of rotatable bonds is 4. The van der Waals surface area contributed by atoms with Crippen molar-refractivity contribution in [2.45, 2.75) is 66.5 Å². The highest BCUT2D eigenvalue weighted by molar-refractivity contribution is 5.94. The van der Waals surface area contributed by atoms with Gasteiger partial charge in [0, 0.05) is 31.0 Å². The van der Waals surface area contributed by atoms with Crippen molar-refractivity contribution in [3.8, 4) is 11.1 Å².